The van der Waals surface area contributed by atoms with Crippen LogP contribution >= 0.6 is 0 Å². The summed E-state index contributed by atoms with van der Waals surface area (Å²) >= 11 is 0. The molecule has 3 heteroatoms. The molecule has 0 amide bonds. The highest BCUT2D eigenvalue weighted by Gasteiger charge is 2.41. The first-order chi connectivity index (χ1) is 31.3. The highest BCUT2D eigenvalue weighted by molar-refractivity contribution is 7.19. The molecule has 0 bridgehead atoms. The second kappa shape index (κ2) is 14.0. The third kappa shape index (κ3) is 5.18. The predicted octanol–water partition coefficient (Wildman–Crippen LogP) is 12.7. The monoisotopic (exact) mass is 816 g/mol. The van der Waals surface area contributed by atoms with E-state index in [-0.39, 0.29) is 0 Å². The van der Waals surface area contributed by atoms with E-state index in [2.05, 4.69) is 252 Å². The summed E-state index contributed by atoms with van der Waals surface area (Å²) in [5.41, 5.74) is 7.07. The second-order valence-corrected chi connectivity index (χ2v) is 20.6. The molecule has 0 aliphatic rings. The molecule has 294 valence electrons. The highest BCUT2D eigenvalue weighted by Crippen LogP contribution is 2.44. The maximum atomic E-state index is 2.52. The van der Waals surface area contributed by atoms with Gasteiger partial charge in [0.15, 0.2) is 8.07 Å². The highest BCUT2D eigenvalue weighted by atomic mass is 28.3. The molecule has 0 spiro atoms. The van der Waals surface area contributed by atoms with Crippen LogP contribution in [0.2, 0.25) is 0 Å². The van der Waals surface area contributed by atoms with E-state index in [0.29, 0.717) is 0 Å². The van der Waals surface area contributed by atoms with Crippen molar-refractivity contribution in [1.29, 1.82) is 0 Å². The summed E-state index contributed by atoms with van der Waals surface area (Å²) in [6.07, 6.45) is 0. The fourth-order valence-corrected chi connectivity index (χ4v) is 15.8. The number of aromatic nitrogens is 2. The number of para-hydroxylation sites is 2. The van der Waals surface area contributed by atoms with E-state index < -0.39 is 8.07 Å². The van der Waals surface area contributed by atoms with E-state index in [1.807, 2.05) is 0 Å². The van der Waals surface area contributed by atoms with Gasteiger partial charge in [0, 0.05) is 38.3 Å². The van der Waals surface area contributed by atoms with Crippen molar-refractivity contribution in [2.75, 3.05) is 0 Å². The first kappa shape index (κ1) is 35.7. The van der Waals surface area contributed by atoms with Crippen LogP contribution in [0.4, 0.5) is 0 Å². The van der Waals surface area contributed by atoms with E-state index in [9.17, 15) is 0 Å². The minimum absolute atomic E-state index is 1.14. The Morgan fingerprint density at radius 1 is 0.222 bits per heavy atom. The zero-order chi connectivity index (χ0) is 41.5. The summed E-state index contributed by atoms with van der Waals surface area (Å²) in [4.78, 5) is 0. The van der Waals surface area contributed by atoms with E-state index in [1.165, 1.54) is 96.7 Å². The fraction of sp³-hybridized carbons (Fsp3) is 0. The van der Waals surface area contributed by atoms with Gasteiger partial charge in [0.05, 0.1) is 22.1 Å². The van der Waals surface area contributed by atoms with Crippen LogP contribution in [-0.4, -0.2) is 17.2 Å². The molecule has 0 unspecified atom stereocenters. The molecule has 11 aromatic carbocycles. The molecule has 0 N–H and O–H groups in total. The lowest BCUT2D eigenvalue weighted by Crippen LogP contribution is -2.74. The van der Waals surface area contributed by atoms with Gasteiger partial charge < -0.3 is 9.13 Å². The van der Waals surface area contributed by atoms with Gasteiger partial charge in [-0.15, -0.1) is 0 Å². The summed E-state index contributed by atoms with van der Waals surface area (Å²) in [7, 11) is -2.72. The predicted molar refractivity (Wildman–Crippen MR) is 271 cm³/mol. The molecule has 0 aliphatic heterocycles. The Labute approximate surface area is 366 Å². The average Bonchev–Trinajstić information content (AvgIpc) is 3.88. The van der Waals surface area contributed by atoms with Gasteiger partial charge in [0.1, 0.15) is 0 Å². The molecule has 2 heterocycles. The standard InChI is InChI=1S/C60H40N2Si/c1-4-18-43(19-5-1)63(44-20-6-2-7-21-44,45-22-8-3-9-23-45)46-35-32-41(33-36-46)61-57-39-38-53-49-26-11-10-24-47(49)48-25-12-13-29-52(48)59(53)60(57)54-37-34-42(40-58(54)61)62-55-30-16-14-27-50(55)51-28-15-17-31-56(51)62/h1-40H. The Balaban J connectivity index is 1.13. The van der Waals surface area contributed by atoms with Crippen molar-refractivity contribution in [3.8, 4) is 11.4 Å². The molecule has 0 saturated carbocycles. The number of hydrogen-bond acceptors (Lipinski definition) is 0. The summed E-state index contributed by atoms with van der Waals surface area (Å²) in [5.74, 6) is 0. The first-order valence-corrected chi connectivity index (χ1v) is 23.9. The minimum atomic E-state index is -2.72. The number of hydrogen-bond donors (Lipinski definition) is 0. The van der Waals surface area contributed by atoms with Crippen LogP contribution in [0.15, 0.2) is 243 Å². The molecule has 2 aromatic heterocycles. The number of fused-ring (bicyclic) bond motifs is 13. The fourth-order valence-electron chi connectivity index (χ4n) is 11.0. The van der Waals surface area contributed by atoms with Gasteiger partial charge in [-0.25, -0.2) is 0 Å². The smallest absolute Gasteiger partial charge is 0.179 e. The molecule has 2 nitrogen and oxygen atoms in total. The van der Waals surface area contributed by atoms with Crippen LogP contribution in [0.3, 0.4) is 0 Å². The molecule has 0 aliphatic carbocycles. The van der Waals surface area contributed by atoms with Crippen LogP contribution in [-0.2, 0) is 0 Å². The van der Waals surface area contributed by atoms with E-state index in [4.69, 9.17) is 0 Å². The Kier molecular flexibility index (Phi) is 7.96. The Bertz CT molecular complexity index is 3700. The van der Waals surface area contributed by atoms with Gasteiger partial charge in [-0.1, -0.05) is 200 Å². The van der Waals surface area contributed by atoms with Gasteiger partial charge >= 0.3 is 0 Å². The minimum Gasteiger partial charge on any atom is -0.309 e. The van der Waals surface area contributed by atoms with Crippen molar-refractivity contribution in [3.05, 3.63) is 243 Å². The molecule has 13 rings (SSSR count). The maximum Gasteiger partial charge on any atom is 0.179 e. The van der Waals surface area contributed by atoms with Gasteiger partial charge in [-0.2, -0.15) is 0 Å². The Morgan fingerprint density at radius 3 is 1.14 bits per heavy atom. The van der Waals surface area contributed by atoms with E-state index in [1.54, 1.807) is 0 Å². The Morgan fingerprint density at radius 2 is 0.603 bits per heavy atom. The van der Waals surface area contributed by atoms with Crippen LogP contribution < -0.4 is 20.7 Å². The molecule has 63 heavy (non-hydrogen) atoms. The first-order valence-electron chi connectivity index (χ1n) is 21.9. The van der Waals surface area contributed by atoms with Crippen LogP contribution in [0.25, 0.3) is 87.3 Å². The lowest BCUT2D eigenvalue weighted by atomic mass is 9.92. The summed E-state index contributed by atoms with van der Waals surface area (Å²) in [6, 6.07) is 90.5. The molecule has 0 saturated heterocycles. The van der Waals surface area contributed by atoms with Crippen LogP contribution in [0.1, 0.15) is 0 Å². The van der Waals surface area contributed by atoms with Gasteiger partial charge in [-0.05, 0) is 90.1 Å². The zero-order valence-corrected chi connectivity index (χ0v) is 35.5. The molecule has 0 radical (unpaired) electrons. The topological polar surface area (TPSA) is 9.86 Å². The molecule has 0 atom stereocenters. The third-order valence-electron chi connectivity index (χ3n) is 13.6. The maximum absolute atomic E-state index is 2.72. The molecular formula is C60H40N2Si. The number of nitrogens with zero attached hydrogens (tertiary/aromatic N) is 2. The quantitative estimate of drug-likeness (QED) is 0.0899. The molecular weight excluding hydrogens is 777 g/mol. The molecule has 13 aromatic rings. The number of benzene rings is 11. The van der Waals surface area contributed by atoms with Crippen molar-refractivity contribution >= 4 is 105 Å². The summed E-state index contributed by atoms with van der Waals surface area (Å²) in [6.45, 7) is 0. The van der Waals surface area contributed by atoms with Crippen molar-refractivity contribution < 1.29 is 0 Å². The van der Waals surface area contributed by atoms with Gasteiger partial charge in [-0.3, -0.25) is 0 Å². The lowest BCUT2D eigenvalue weighted by Gasteiger charge is -2.34. The van der Waals surface area contributed by atoms with Gasteiger partial charge in [0.2, 0.25) is 0 Å². The third-order valence-corrected chi connectivity index (χ3v) is 18.4. The van der Waals surface area contributed by atoms with Crippen molar-refractivity contribution in [1.82, 2.24) is 9.13 Å². The van der Waals surface area contributed by atoms with Crippen molar-refractivity contribution in [3.63, 3.8) is 0 Å². The van der Waals surface area contributed by atoms with Crippen molar-refractivity contribution in [2.45, 2.75) is 0 Å². The Hall–Kier alpha value is -7.98. The second-order valence-electron chi connectivity index (χ2n) is 16.8. The zero-order valence-electron chi connectivity index (χ0n) is 34.5. The van der Waals surface area contributed by atoms with E-state index >= 15 is 0 Å². The normalized spacial score (nSPS) is 12.1. The van der Waals surface area contributed by atoms with Gasteiger partial charge in [0.25, 0.3) is 0 Å². The average molecular weight is 817 g/mol. The number of rotatable bonds is 6. The lowest BCUT2D eigenvalue weighted by molar-refractivity contribution is 1.16. The van der Waals surface area contributed by atoms with Crippen LogP contribution in [0.5, 0.6) is 0 Å². The molecule has 0 fully saturated rings. The van der Waals surface area contributed by atoms with Crippen LogP contribution in [0, 0.1) is 0 Å². The van der Waals surface area contributed by atoms with E-state index in [0.717, 1.165) is 11.4 Å². The summed E-state index contributed by atoms with van der Waals surface area (Å²) < 4.78 is 4.96. The van der Waals surface area contributed by atoms with Crippen molar-refractivity contribution in [2.24, 2.45) is 0 Å². The SMILES string of the molecule is c1ccc([Si](c2ccccc2)(c2ccccc2)c2ccc(-n3c4cc(-n5c6ccccc6c6ccccc65)ccc4c4c5c6ccccc6c6ccccc6c5ccc43)cc2)cc1. The largest absolute Gasteiger partial charge is 0.309 e. The summed E-state index contributed by atoms with van der Waals surface area (Å²) in [5, 5.41) is 18.2.